The first kappa shape index (κ1) is 22.3. The molecule has 1 saturated heterocycles. The van der Waals surface area contributed by atoms with Crippen molar-refractivity contribution in [1.29, 1.82) is 0 Å². The first-order valence-corrected chi connectivity index (χ1v) is 11.8. The molecule has 9 heteroatoms. The Kier molecular flexibility index (Phi) is 4.93. The van der Waals surface area contributed by atoms with Crippen LogP contribution in [-0.4, -0.2) is 52.8 Å². The Morgan fingerprint density at radius 2 is 1.86 bits per heavy atom. The van der Waals surface area contributed by atoms with Crippen LogP contribution >= 0.6 is 0 Å². The van der Waals surface area contributed by atoms with Gasteiger partial charge in [0.2, 0.25) is 5.91 Å². The van der Waals surface area contributed by atoms with Crippen LogP contribution in [0.3, 0.4) is 0 Å². The molecule has 0 radical (unpaired) electrons. The van der Waals surface area contributed by atoms with Gasteiger partial charge in [0.05, 0.1) is 17.5 Å². The van der Waals surface area contributed by atoms with Crippen LogP contribution in [0.25, 0.3) is 11.1 Å². The first-order chi connectivity index (χ1) is 17.4. The van der Waals surface area contributed by atoms with Gasteiger partial charge in [-0.3, -0.25) is 19.6 Å². The Morgan fingerprint density at radius 3 is 2.56 bits per heavy atom. The monoisotopic (exact) mass is 486 g/mol. The number of rotatable bonds is 4. The normalized spacial score (nSPS) is 21.3. The Hall–Kier alpha value is -4.14. The molecule has 0 unspecified atom stereocenters. The fraction of sp³-hybridized carbons (Fsp3) is 0.296. The number of esters is 1. The molecule has 3 aliphatic rings. The molecule has 2 fully saturated rings. The van der Waals surface area contributed by atoms with Gasteiger partial charge >= 0.3 is 5.97 Å². The van der Waals surface area contributed by atoms with Crippen molar-refractivity contribution < 1.29 is 23.5 Å². The number of likely N-dealkylation sites (tertiary alicyclic amines) is 1. The number of aromatic nitrogens is 2. The predicted octanol–water partition coefficient (Wildman–Crippen LogP) is 2.97. The van der Waals surface area contributed by atoms with Crippen molar-refractivity contribution in [1.82, 2.24) is 20.2 Å². The van der Waals surface area contributed by atoms with E-state index in [1.807, 2.05) is 0 Å². The lowest BCUT2D eigenvalue weighted by atomic mass is 9.91. The van der Waals surface area contributed by atoms with Gasteiger partial charge < -0.3 is 15.0 Å². The van der Waals surface area contributed by atoms with Crippen LogP contribution in [0.5, 0.6) is 0 Å². The maximum atomic E-state index is 15.4. The summed E-state index contributed by atoms with van der Waals surface area (Å²) in [7, 11) is 1.53. The van der Waals surface area contributed by atoms with Gasteiger partial charge in [-0.25, -0.2) is 9.18 Å². The van der Waals surface area contributed by atoms with E-state index in [1.54, 1.807) is 41.4 Å². The standard InChI is InChI=1S/C27H23FN4O4/c1-29-23(33)22-5-3-17(13-31-22)16-2-4-20(21(28)12-16)26(7-8-26)25(35)32-11-9-27(15-32)19-6-10-30-14-18(19)24(34)36-27/h2-6,10,12-14H,7-9,11,15H2,1H3,(H,29,33)/t27-/m0/s1. The number of nitrogens with zero attached hydrogens (tertiary/aromatic N) is 3. The number of carbonyl (C=O) groups is 3. The van der Waals surface area contributed by atoms with E-state index in [1.165, 1.54) is 25.5 Å². The topological polar surface area (TPSA) is 101 Å². The molecular formula is C27H23FN4O4. The van der Waals surface area contributed by atoms with E-state index < -0.39 is 22.8 Å². The van der Waals surface area contributed by atoms with Gasteiger partial charge in [-0.2, -0.15) is 0 Å². The molecular weight excluding hydrogens is 463 g/mol. The van der Waals surface area contributed by atoms with Gasteiger partial charge in [0.25, 0.3) is 5.91 Å². The van der Waals surface area contributed by atoms with Crippen LogP contribution in [0.4, 0.5) is 4.39 Å². The number of fused-ring (bicyclic) bond motifs is 2. The van der Waals surface area contributed by atoms with E-state index >= 15 is 4.39 Å². The Bertz CT molecular complexity index is 1420. The average molecular weight is 487 g/mol. The third-order valence-corrected chi connectivity index (χ3v) is 7.54. The van der Waals surface area contributed by atoms with Crippen LogP contribution in [0.15, 0.2) is 55.0 Å². The highest BCUT2D eigenvalue weighted by molar-refractivity contribution is 5.96. The third kappa shape index (κ3) is 3.30. The zero-order valence-corrected chi connectivity index (χ0v) is 19.6. The molecule has 1 N–H and O–H groups in total. The van der Waals surface area contributed by atoms with Crippen molar-refractivity contribution in [2.75, 3.05) is 20.1 Å². The van der Waals surface area contributed by atoms with Gasteiger partial charge in [0.1, 0.15) is 11.5 Å². The molecule has 1 atom stereocenters. The molecule has 2 aliphatic heterocycles. The summed E-state index contributed by atoms with van der Waals surface area (Å²) < 4.78 is 21.1. The van der Waals surface area contributed by atoms with Gasteiger partial charge in [-0.1, -0.05) is 18.2 Å². The van der Waals surface area contributed by atoms with Crippen LogP contribution in [-0.2, 0) is 20.5 Å². The molecule has 4 heterocycles. The van der Waals surface area contributed by atoms with E-state index in [9.17, 15) is 14.4 Å². The number of pyridine rings is 2. The summed E-state index contributed by atoms with van der Waals surface area (Å²) in [6.45, 7) is 0.679. The molecule has 2 aromatic heterocycles. The van der Waals surface area contributed by atoms with E-state index in [-0.39, 0.29) is 24.1 Å². The summed E-state index contributed by atoms with van der Waals surface area (Å²) in [6, 6.07) is 9.92. The quantitative estimate of drug-likeness (QED) is 0.569. The second kappa shape index (κ2) is 7.94. The van der Waals surface area contributed by atoms with Crippen molar-refractivity contribution in [3.8, 4) is 11.1 Å². The van der Waals surface area contributed by atoms with E-state index in [4.69, 9.17) is 4.74 Å². The van der Waals surface area contributed by atoms with Crippen molar-refractivity contribution in [3.63, 3.8) is 0 Å². The second-order valence-corrected chi connectivity index (χ2v) is 9.57. The zero-order chi connectivity index (χ0) is 25.1. The minimum Gasteiger partial charge on any atom is -0.449 e. The predicted molar refractivity (Wildman–Crippen MR) is 126 cm³/mol. The number of hydrogen-bond donors (Lipinski definition) is 1. The molecule has 2 amide bonds. The summed E-state index contributed by atoms with van der Waals surface area (Å²) in [5.41, 5.74) is 1.36. The lowest BCUT2D eigenvalue weighted by molar-refractivity contribution is -0.134. The van der Waals surface area contributed by atoms with Crippen molar-refractivity contribution in [2.45, 2.75) is 30.3 Å². The van der Waals surface area contributed by atoms with E-state index in [2.05, 4.69) is 15.3 Å². The number of carbonyl (C=O) groups excluding carboxylic acids is 3. The van der Waals surface area contributed by atoms with Crippen LogP contribution in [0.2, 0.25) is 0 Å². The number of halogens is 1. The smallest absolute Gasteiger partial charge is 0.341 e. The summed E-state index contributed by atoms with van der Waals surface area (Å²) in [6.07, 6.45) is 6.27. The van der Waals surface area contributed by atoms with E-state index in [0.717, 1.165) is 5.56 Å². The summed E-state index contributed by atoms with van der Waals surface area (Å²) in [5, 5.41) is 2.51. The largest absolute Gasteiger partial charge is 0.449 e. The number of amides is 2. The fourth-order valence-corrected chi connectivity index (χ4v) is 5.44. The molecule has 1 aliphatic carbocycles. The Morgan fingerprint density at radius 1 is 1.06 bits per heavy atom. The average Bonchev–Trinajstić information content (AvgIpc) is 3.52. The van der Waals surface area contributed by atoms with Crippen molar-refractivity contribution in [2.24, 2.45) is 0 Å². The molecule has 8 nitrogen and oxygen atoms in total. The van der Waals surface area contributed by atoms with E-state index in [0.29, 0.717) is 48.1 Å². The first-order valence-electron chi connectivity index (χ1n) is 11.8. The lowest BCUT2D eigenvalue weighted by Gasteiger charge is -2.27. The molecule has 1 saturated carbocycles. The summed E-state index contributed by atoms with van der Waals surface area (Å²) in [5.74, 6) is -1.31. The van der Waals surface area contributed by atoms with Crippen LogP contribution in [0.1, 0.15) is 51.2 Å². The van der Waals surface area contributed by atoms with Crippen molar-refractivity contribution >= 4 is 17.8 Å². The molecule has 36 heavy (non-hydrogen) atoms. The minimum atomic E-state index is -0.904. The van der Waals surface area contributed by atoms with Crippen LogP contribution < -0.4 is 5.32 Å². The highest BCUT2D eigenvalue weighted by atomic mass is 19.1. The minimum absolute atomic E-state index is 0.138. The highest BCUT2D eigenvalue weighted by Gasteiger charge is 2.58. The number of ether oxygens (including phenoxy) is 1. The molecule has 1 aromatic carbocycles. The fourth-order valence-electron chi connectivity index (χ4n) is 5.44. The van der Waals surface area contributed by atoms with Gasteiger partial charge in [0, 0.05) is 55.3 Å². The molecule has 0 bridgehead atoms. The number of hydrogen-bond acceptors (Lipinski definition) is 6. The van der Waals surface area contributed by atoms with Crippen molar-refractivity contribution in [3.05, 3.63) is 83.2 Å². The maximum Gasteiger partial charge on any atom is 0.341 e. The van der Waals surface area contributed by atoms with Gasteiger partial charge in [0.15, 0.2) is 5.60 Å². The molecule has 6 rings (SSSR count). The maximum absolute atomic E-state index is 15.4. The summed E-state index contributed by atoms with van der Waals surface area (Å²) >= 11 is 0. The zero-order valence-electron chi connectivity index (χ0n) is 19.6. The molecule has 3 aromatic rings. The Labute approximate surface area is 206 Å². The molecule has 182 valence electrons. The lowest BCUT2D eigenvalue weighted by Crippen LogP contribution is -2.40. The number of nitrogens with one attached hydrogen (secondary N) is 1. The van der Waals surface area contributed by atoms with Crippen LogP contribution in [0, 0.1) is 5.82 Å². The third-order valence-electron chi connectivity index (χ3n) is 7.54. The van der Waals surface area contributed by atoms with Gasteiger partial charge in [-0.05, 0) is 36.6 Å². The molecule has 1 spiro atoms. The number of benzene rings is 1. The van der Waals surface area contributed by atoms with Gasteiger partial charge in [-0.15, -0.1) is 0 Å². The SMILES string of the molecule is CNC(=O)c1ccc(-c2ccc(C3(C(=O)N4CC[C@@]5(C4)OC(=O)c4cnccc45)CC3)c(F)c2)cn1. The second-order valence-electron chi connectivity index (χ2n) is 9.57. The summed E-state index contributed by atoms with van der Waals surface area (Å²) in [4.78, 5) is 47.6. The highest BCUT2D eigenvalue weighted by Crippen LogP contribution is 2.52. The Balaban J connectivity index is 1.24.